The number of hydrogen-bond acceptors (Lipinski definition) is 3. The van der Waals surface area contributed by atoms with E-state index < -0.39 is 5.82 Å². The smallest absolute Gasteiger partial charge is 0.255 e. The predicted octanol–water partition coefficient (Wildman–Crippen LogP) is 6.33. The average molecular weight is 428 g/mol. The minimum Gasteiger partial charge on any atom is -0.493 e. The summed E-state index contributed by atoms with van der Waals surface area (Å²) in [5.41, 5.74) is 3.81. The van der Waals surface area contributed by atoms with Crippen LogP contribution in [-0.2, 0) is 6.61 Å². The lowest BCUT2D eigenvalue weighted by atomic mass is 10.1. The van der Waals surface area contributed by atoms with Crippen molar-refractivity contribution in [1.29, 1.82) is 0 Å². The molecule has 0 aliphatic carbocycles. The van der Waals surface area contributed by atoms with Crippen LogP contribution in [0.2, 0.25) is 5.02 Å². The number of amides is 1. The Morgan fingerprint density at radius 2 is 1.73 bits per heavy atom. The monoisotopic (exact) mass is 427 g/mol. The van der Waals surface area contributed by atoms with Gasteiger partial charge in [-0.2, -0.15) is 0 Å². The Morgan fingerprint density at radius 3 is 2.40 bits per heavy atom. The van der Waals surface area contributed by atoms with Crippen LogP contribution in [0.25, 0.3) is 0 Å². The number of nitrogens with one attached hydrogen (secondary N) is 1. The predicted molar refractivity (Wildman–Crippen MR) is 117 cm³/mol. The molecule has 0 saturated heterocycles. The number of rotatable bonds is 7. The second-order valence-corrected chi connectivity index (χ2v) is 7.36. The number of benzene rings is 3. The quantitative estimate of drug-likeness (QED) is 0.479. The fourth-order valence-corrected chi connectivity index (χ4v) is 3.26. The lowest BCUT2D eigenvalue weighted by Crippen LogP contribution is -2.13. The zero-order valence-electron chi connectivity index (χ0n) is 17.1. The molecule has 0 aliphatic heterocycles. The van der Waals surface area contributed by atoms with Crippen molar-refractivity contribution in [2.45, 2.75) is 27.4 Å². The molecule has 3 rings (SSSR count). The molecule has 0 bridgehead atoms. The molecule has 3 aromatic carbocycles. The molecule has 0 heterocycles. The molecule has 6 heteroatoms. The summed E-state index contributed by atoms with van der Waals surface area (Å²) < 4.78 is 25.0. The van der Waals surface area contributed by atoms with E-state index in [-0.39, 0.29) is 17.5 Å². The van der Waals surface area contributed by atoms with Crippen molar-refractivity contribution in [3.63, 3.8) is 0 Å². The van der Waals surface area contributed by atoms with Crippen molar-refractivity contribution in [1.82, 2.24) is 0 Å². The van der Waals surface area contributed by atoms with E-state index in [0.29, 0.717) is 23.6 Å². The number of carbonyl (C=O) groups excluding carboxylic acids is 1. The maximum absolute atomic E-state index is 13.3. The van der Waals surface area contributed by atoms with E-state index in [4.69, 9.17) is 21.1 Å². The van der Waals surface area contributed by atoms with Crippen LogP contribution in [0.4, 0.5) is 10.1 Å². The van der Waals surface area contributed by atoms with Gasteiger partial charge in [-0.1, -0.05) is 17.7 Å². The maximum atomic E-state index is 13.3. The summed E-state index contributed by atoms with van der Waals surface area (Å²) in [5, 5.41) is 2.67. The molecule has 3 aromatic rings. The van der Waals surface area contributed by atoms with Crippen molar-refractivity contribution in [3.8, 4) is 11.5 Å². The second-order valence-electron chi connectivity index (χ2n) is 6.95. The van der Waals surface area contributed by atoms with Crippen LogP contribution in [0.1, 0.15) is 34.0 Å². The molecule has 0 atom stereocenters. The molecule has 0 spiro atoms. The fourth-order valence-electron chi connectivity index (χ4n) is 3.08. The Bertz CT molecular complexity index is 1050. The minimum atomic E-state index is -0.540. The van der Waals surface area contributed by atoms with E-state index in [0.717, 1.165) is 22.4 Å². The van der Waals surface area contributed by atoms with Crippen molar-refractivity contribution >= 4 is 23.2 Å². The summed E-state index contributed by atoms with van der Waals surface area (Å²) in [5.74, 6) is 0.531. The van der Waals surface area contributed by atoms with Gasteiger partial charge in [-0.3, -0.25) is 4.79 Å². The summed E-state index contributed by atoms with van der Waals surface area (Å²) in [4.78, 5) is 12.7. The lowest BCUT2D eigenvalue weighted by molar-refractivity contribution is 0.102. The van der Waals surface area contributed by atoms with Gasteiger partial charge in [0.2, 0.25) is 0 Å². The van der Waals surface area contributed by atoms with E-state index in [2.05, 4.69) is 11.4 Å². The summed E-state index contributed by atoms with van der Waals surface area (Å²) in [7, 11) is 0. The maximum Gasteiger partial charge on any atom is 0.255 e. The van der Waals surface area contributed by atoms with Crippen molar-refractivity contribution < 1.29 is 18.7 Å². The Labute approximate surface area is 180 Å². The Kier molecular flexibility index (Phi) is 6.95. The average Bonchev–Trinajstić information content (AvgIpc) is 2.69. The SMILES string of the molecule is CCOc1ccc(C(=O)Nc2ccc(F)c(Cl)c2)cc1COc1cc(C)cc(C)c1. The van der Waals surface area contributed by atoms with Crippen LogP contribution in [0.15, 0.2) is 54.6 Å². The van der Waals surface area contributed by atoms with Gasteiger partial charge in [-0.05, 0) is 80.4 Å². The van der Waals surface area contributed by atoms with Gasteiger partial charge in [0.25, 0.3) is 5.91 Å². The van der Waals surface area contributed by atoms with Crippen molar-refractivity contribution in [2.24, 2.45) is 0 Å². The van der Waals surface area contributed by atoms with Crippen molar-refractivity contribution in [3.05, 3.63) is 87.7 Å². The van der Waals surface area contributed by atoms with Crippen LogP contribution in [0.5, 0.6) is 11.5 Å². The third-order valence-electron chi connectivity index (χ3n) is 4.39. The van der Waals surface area contributed by atoms with E-state index in [1.807, 2.05) is 32.9 Å². The van der Waals surface area contributed by atoms with Crippen LogP contribution in [0.3, 0.4) is 0 Å². The third-order valence-corrected chi connectivity index (χ3v) is 4.68. The van der Waals surface area contributed by atoms with Gasteiger partial charge in [-0.15, -0.1) is 0 Å². The number of aryl methyl sites for hydroxylation is 2. The van der Waals surface area contributed by atoms with Gasteiger partial charge >= 0.3 is 0 Å². The second kappa shape index (κ2) is 9.63. The number of ether oxygens (including phenoxy) is 2. The zero-order valence-corrected chi connectivity index (χ0v) is 17.8. The normalized spacial score (nSPS) is 10.6. The van der Waals surface area contributed by atoms with Gasteiger partial charge < -0.3 is 14.8 Å². The van der Waals surface area contributed by atoms with E-state index in [1.165, 1.54) is 18.2 Å². The van der Waals surface area contributed by atoms with E-state index >= 15 is 0 Å². The molecule has 156 valence electrons. The molecule has 0 fully saturated rings. The lowest BCUT2D eigenvalue weighted by Gasteiger charge is -2.14. The Hall–Kier alpha value is -3.05. The van der Waals surface area contributed by atoms with Gasteiger partial charge in [0, 0.05) is 16.8 Å². The number of anilines is 1. The van der Waals surface area contributed by atoms with Gasteiger partial charge in [0.05, 0.1) is 11.6 Å². The van der Waals surface area contributed by atoms with Crippen LogP contribution in [0, 0.1) is 19.7 Å². The summed E-state index contributed by atoms with van der Waals surface area (Å²) in [6.07, 6.45) is 0. The minimum absolute atomic E-state index is 0.0537. The molecule has 4 nitrogen and oxygen atoms in total. The van der Waals surface area contributed by atoms with Crippen molar-refractivity contribution in [2.75, 3.05) is 11.9 Å². The largest absolute Gasteiger partial charge is 0.493 e. The molecule has 0 unspecified atom stereocenters. The molecule has 0 saturated carbocycles. The fraction of sp³-hybridized carbons (Fsp3) is 0.208. The highest BCUT2D eigenvalue weighted by Gasteiger charge is 2.13. The summed E-state index contributed by atoms with van der Waals surface area (Å²) in [6, 6.07) is 15.2. The van der Waals surface area contributed by atoms with E-state index in [1.54, 1.807) is 18.2 Å². The Morgan fingerprint density at radius 1 is 1.00 bits per heavy atom. The van der Waals surface area contributed by atoms with Crippen LogP contribution in [-0.4, -0.2) is 12.5 Å². The molecular formula is C24H23ClFNO3. The molecule has 30 heavy (non-hydrogen) atoms. The molecule has 1 amide bonds. The van der Waals surface area contributed by atoms with E-state index in [9.17, 15) is 9.18 Å². The number of hydrogen-bond donors (Lipinski definition) is 1. The molecule has 1 N–H and O–H groups in total. The standard InChI is InChI=1S/C24H23ClFNO3/c1-4-29-23-8-5-17(24(28)27-19-6-7-22(26)21(25)13-19)12-18(23)14-30-20-10-15(2)9-16(3)11-20/h5-13H,4,14H2,1-3H3,(H,27,28). The first-order chi connectivity index (χ1) is 14.4. The molecule has 0 aliphatic rings. The highest BCUT2D eigenvalue weighted by Crippen LogP contribution is 2.25. The van der Waals surface area contributed by atoms with Gasteiger partial charge in [0.15, 0.2) is 0 Å². The molecular weight excluding hydrogens is 405 g/mol. The zero-order chi connectivity index (χ0) is 21.7. The first-order valence-corrected chi connectivity index (χ1v) is 9.96. The van der Waals surface area contributed by atoms with Crippen LogP contribution >= 0.6 is 11.6 Å². The first-order valence-electron chi connectivity index (χ1n) is 9.59. The Balaban J connectivity index is 1.80. The van der Waals surface area contributed by atoms with Crippen LogP contribution < -0.4 is 14.8 Å². The molecule has 0 radical (unpaired) electrons. The topological polar surface area (TPSA) is 47.6 Å². The summed E-state index contributed by atoms with van der Waals surface area (Å²) >= 11 is 5.79. The highest BCUT2D eigenvalue weighted by molar-refractivity contribution is 6.31. The summed E-state index contributed by atoms with van der Waals surface area (Å²) in [6.45, 7) is 6.67. The van der Waals surface area contributed by atoms with Gasteiger partial charge in [-0.25, -0.2) is 4.39 Å². The highest BCUT2D eigenvalue weighted by atomic mass is 35.5. The molecule has 0 aromatic heterocycles. The van der Waals surface area contributed by atoms with Gasteiger partial charge in [0.1, 0.15) is 23.9 Å². The number of halogens is 2. The first kappa shape index (κ1) is 21.7. The third kappa shape index (κ3) is 5.51. The number of carbonyl (C=O) groups is 1.